The number of anilines is 1. The largest absolute Gasteiger partial charge is 0.397 e. The van der Waals surface area contributed by atoms with Gasteiger partial charge in [0.2, 0.25) is 0 Å². The third-order valence-corrected chi connectivity index (χ3v) is 5.83. The van der Waals surface area contributed by atoms with Gasteiger partial charge in [-0.25, -0.2) is 13.4 Å². The molecule has 0 saturated carbocycles. The number of sulfone groups is 1. The van der Waals surface area contributed by atoms with E-state index in [9.17, 15) is 8.42 Å². The average Bonchev–Trinajstić information content (AvgIpc) is 2.41. The van der Waals surface area contributed by atoms with Gasteiger partial charge < -0.3 is 5.73 Å². The molecule has 0 fully saturated rings. The molecule has 0 spiro atoms. The van der Waals surface area contributed by atoms with Crippen LogP contribution in [0.1, 0.15) is 0 Å². The number of halogens is 1. The van der Waals surface area contributed by atoms with Crippen molar-refractivity contribution >= 4 is 38.9 Å². The van der Waals surface area contributed by atoms with Crippen LogP contribution in [-0.2, 0) is 9.84 Å². The molecule has 0 aliphatic carbocycles. The van der Waals surface area contributed by atoms with Crippen molar-refractivity contribution in [2.45, 2.75) is 9.92 Å². The minimum absolute atomic E-state index is 0.0231. The zero-order valence-electron chi connectivity index (χ0n) is 10.5. The molecular formula is C13H13ClN2O2S2. The molecule has 2 rings (SSSR count). The number of nitrogen functional groups attached to an aromatic ring is 1. The Balaban J connectivity index is 2.00. The maximum absolute atomic E-state index is 12.1. The lowest BCUT2D eigenvalue weighted by atomic mass is 10.4. The molecular weight excluding hydrogens is 316 g/mol. The first-order valence-electron chi connectivity index (χ1n) is 5.81. The monoisotopic (exact) mass is 328 g/mol. The first-order valence-corrected chi connectivity index (χ1v) is 8.82. The van der Waals surface area contributed by atoms with Crippen LogP contribution >= 0.6 is 23.4 Å². The minimum atomic E-state index is -3.31. The van der Waals surface area contributed by atoms with Gasteiger partial charge in [-0.3, -0.25) is 0 Å². The fourth-order valence-electron chi connectivity index (χ4n) is 1.53. The van der Waals surface area contributed by atoms with Crippen LogP contribution in [0, 0.1) is 0 Å². The van der Waals surface area contributed by atoms with Gasteiger partial charge in [0.05, 0.1) is 16.3 Å². The smallest absolute Gasteiger partial charge is 0.179 e. The van der Waals surface area contributed by atoms with Gasteiger partial charge in [0.1, 0.15) is 5.03 Å². The Labute approximate surface area is 127 Å². The Morgan fingerprint density at radius 1 is 1.20 bits per heavy atom. The molecule has 0 saturated heterocycles. The van der Waals surface area contributed by atoms with Crippen molar-refractivity contribution in [1.82, 2.24) is 4.98 Å². The molecule has 1 aromatic carbocycles. The van der Waals surface area contributed by atoms with E-state index in [1.54, 1.807) is 30.5 Å². The van der Waals surface area contributed by atoms with Crippen molar-refractivity contribution in [2.24, 2.45) is 0 Å². The summed E-state index contributed by atoms with van der Waals surface area (Å²) in [7, 11) is -3.31. The van der Waals surface area contributed by atoms with E-state index in [1.165, 1.54) is 23.9 Å². The third-order valence-electron chi connectivity index (χ3n) is 2.56. The van der Waals surface area contributed by atoms with Gasteiger partial charge in [-0.1, -0.05) is 11.6 Å². The molecule has 7 heteroatoms. The number of hydrogen-bond donors (Lipinski definition) is 1. The lowest BCUT2D eigenvalue weighted by Crippen LogP contribution is -2.09. The van der Waals surface area contributed by atoms with Gasteiger partial charge in [-0.05, 0) is 36.4 Å². The molecule has 0 atom stereocenters. The molecule has 0 unspecified atom stereocenters. The lowest BCUT2D eigenvalue weighted by molar-refractivity contribution is 0.597. The van der Waals surface area contributed by atoms with Gasteiger partial charge in [-0.2, -0.15) is 0 Å². The van der Waals surface area contributed by atoms with Crippen LogP contribution in [0.2, 0.25) is 5.02 Å². The highest BCUT2D eigenvalue weighted by molar-refractivity contribution is 8.00. The number of pyridine rings is 1. The van der Waals surface area contributed by atoms with Gasteiger partial charge in [0.15, 0.2) is 9.84 Å². The molecule has 0 radical (unpaired) electrons. The van der Waals surface area contributed by atoms with Gasteiger partial charge in [0, 0.05) is 17.0 Å². The maximum atomic E-state index is 12.1. The minimum Gasteiger partial charge on any atom is -0.397 e. The van der Waals surface area contributed by atoms with Crippen molar-refractivity contribution in [3.63, 3.8) is 0 Å². The molecule has 0 aliphatic rings. The van der Waals surface area contributed by atoms with E-state index in [4.69, 9.17) is 17.3 Å². The summed E-state index contributed by atoms with van der Waals surface area (Å²) in [6, 6.07) is 9.64. The third kappa shape index (κ3) is 3.88. The normalized spacial score (nSPS) is 11.4. The van der Waals surface area contributed by atoms with E-state index in [1.807, 2.05) is 0 Å². The highest BCUT2D eigenvalue weighted by Crippen LogP contribution is 2.23. The van der Waals surface area contributed by atoms with Crippen LogP contribution in [0.15, 0.2) is 52.5 Å². The van der Waals surface area contributed by atoms with Gasteiger partial charge in [0.25, 0.3) is 0 Å². The second kappa shape index (κ2) is 6.47. The second-order valence-corrected chi connectivity index (χ2v) is 7.65. The quantitative estimate of drug-likeness (QED) is 0.854. The summed E-state index contributed by atoms with van der Waals surface area (Å²) >= 11 is 7.07. The summed E-state index contributed by atoms with van der Waals surface area (Å²) in [4.78, 5) is 4.38. The standard InChI is InChI=1S/C13H13ClN2O2S2/c14-10-3-5-11(6-4-10)20(17,18)9-8-19-13-12(15)2-1-7-16-13/h1-7H,8-9,15H2. The van der Waals surface area contributed by atoms with E-state index in [-0.39, 0.29) is 10.6 Å². The SMILES string of the molecule is Nc1cccnc1SCCS(=O)(=O)c1ccc(Cl)cc1. The fourth-order valence-corrected chi connectivity index (χ4v) is 4.22. The summed E-state index contributed by atoms with van der Waals surface area (Å²) in [5.74, 6) is 0.418. The molecule has 4 nitrogen and oxygen atoms in total. The molecule has 106 valence electrons. The Bertz CT molecular complexity index is 688. The predicted molar refractivity (Wildman–Crippen MR) is 82.9 cm³/mol. The highest BCUT2D eigenvalue weighted by atomic mass is 35.5. The van der Waals surface area contributed by atoms with Crippen molar-refractivity contribution < 1.29 is 8.42 Å². The summed E-state index contributed by atoms with van der Waals surface area (Å²) in [5.41, 5.74) is 6.31. The van der Waals surface area contributed by atoms with Crippen LogP contribution in [0.25, 0.3) is 0 Å². The number of aromatic nitrogens is 1. The highest BCUT2D eigenvalue weighted by Gasteiger charge is 2.14. The molecule has 0 amide bonds. The Hall–Kier alpha value is -1.24. The van der Waals surface area contributed by atoms with Crippen LogP contribution in [0.5, 0.6) is 0 Å². The van der Waals surface area contributed by atoms with Crippen LogP contribution in [0.4, 0.5) is 5.69 Å². The topological polar surface area (TPSA) is 73.0 Å². The Morgan fingerprint density at radius 3 is 2.55 bits per heavy atom. The van der Waals surface area contributed by atoms with Gasteiger partial charge >= 0.3 is 0 Å². The first-order chi connectivity index (χ1) is 9.49. The van der Waals surface area contributed by atoms with E-state index < -0.39 is 9.84 Å². The number of nitrogens with zero attached hydrogens (tertiary/aromatic N) is 1. The zero-order valence-corrected chi connectivity index (χ0v) is 12.9. The number of nitrogens with two attached hydrogens (primary N) is 1. The molecule has 0 aliphatic heterocycles. The summed E-state index contributed by atoms with van der Waals surface area (Å²) in [5, 5.41) is 1.17. The summed E-state index contributed by atoms with van der Waals surface area (Å²) in [6.07, 6.45) is 1.63. The summed E-state index contributed by atoms with van der Waals surface area (Å²) in [6.45, 7) is 0. The number of hydrogen-bond acceptors (Lipinski definition) is 5. The number of rotatable bonds is 5. The van der Waals surface area contributed by atoms with E-state index in [0.717, 1.165) is 0 Å². The van der Waals surface area contributed by atoms with Crippen LogP contribution < -0.4 is 5.73 Å². The molecule has 2 aromatic rings. The molecule has 1 heterocycles. The number of thioether (sulfide) groups is 1. The maximum Gasteiger partial charge on any atom is 0.179 e. The van der Waals surface area contributed by atoms with E-state index in [0.29, 0.717) is 21.5 Å². The summed E-state index contributed by atoms with van der Waals surface area (Å²) < 4.78 is 24.2. The van der Waals surface area contributed by atoms with Crippen molar-refractivity contribution in [2.75, 3.05) is 17.2 Å². The van der Waals surface area contributed by atoms with Crippen LogP contribution in [-0.4, -0.2) is 24.9 Å². The molecule has 20 heavy (non-hydrogen) atoms. The number of benzene rings is 1. The van der Waals surface area contributed by atoms with Gasteiger partial charge in [-0.15, -0.1) is 11.8 Å². The van der Waals surface area contributed by atoms with E-state index >= 15 is 0 Å². The van der Waals surface area contributed by atoms with Crippen LogP contribution in [0.3, 0.4) is 0 Å². The molecule has 2 N–H and O–H groups in total. The second-order valence-electron chi connectivity index (χ2n) is 4.02. The Morgan fingerprint density at radius 2 is 1.90 bits per heavy atom. The van der Waals surface area contributed by atoms with Crippen molar-refractivity contribution in [1.29, 1.82) is 0 Å². The molecule has 0 bridgehead atoms. The fraction of sp³-hybridized carbons (Fsp3) is 0.154. The van der Waals surface area contributed by atoms with Crippen molar-refractivity contribution in [3.05, 3.63) is 47.6 Å². The zero-order chi connectivity index (χ0) is 14.6. The first kappa shape index (κ1) is 15.2. The average molecular weight is 329 g/mol. The lowest BCUT2D eigenvalue weighted by Gasteiger charge is -2.05. The van der Waals surface area contributed by atoms with Crippen molar-refractivity contribution in [3.8, 4) is 0 Å². The molecule has 1 aromatic heterocycles. The van der Waals surface area contributed by atoms with E-state index in [2.05, 4.69) is 4.98 Å². The predicted octanol–water partition coefficient (Wildman–Crippen LogP) is 2.88. The Kier molecular flexibility index (Phi) is 4.91.